The lowest BCUT2D eigenvalue weighted by Gasteiger charge is -2.04. The van der Waals surface area contributed by atoms with Crippen molar-refractivity contribution < 1.29 is 5.11 Å². The van der Waals surface area contributed by atoms with E-state index in [1.165, 1.54) is 0 Å². The van der Waals surface area contributed by atoms with Gasteiger partial charge in [-0.3, -0.25) is 10.2 Å². The number of hydrazone groups is 1. The molecular formula is C11H9ClN4O2S. The van der Waals surface area contributed by atoms with Crippen LogP contribution in [0.15, 0.2) is 28.1 Å². The fraction of sp³-hybridized carbons (Fsp3) is 0. The van der Waals surface area contributed by atoms with Crippen LogP contribution < -0.4 is 16.7 Å². The summed E-state index contributed by atoms with van der Waals surface area (Å²) < 4.78 is 0. The van der Waals surface area contributed by atoms with E-state index in [4.69, 9.17) is 17.3 Å². The molecule has 0 atom stereocenters. The molecule has 0 spiro atoms. The van der Waals surface area contributed by atoms with Crippen molar-refractivity contribution in [2.45, 2.75) is 0 Å². The van der Waals surface area contributed by atoms with E-state index in [9.17, 15) is 9.90 Å². The molecule has 0 aliphatic rings. The average molecular weight is 297 g/mol. The Bertz CT molecular complexity index is 741. The Morgan fingerprint density at radius 1 is 1.58 bits per heavy atom. The third-order valence-corrected chi connectivity index (χ3v) is 2.68. The summed E-state index contributed by atoms with van der Waals surface area (Å²) in [5.41, 5.74) is 7.46. The number of nitrogens with two attached hydrogens (primary N) is 1. The van der Waals surface area contributed by atoms with Crippen LogP contribution in [0.2, 0.25) is 5.02 Å². The Morgan fingerprint density at radius 3 is 3.00 bits per heavy atom. The molecule has 2 rings (SSSR count). The lowest BCUT2D eigenvalue weighted by atomic mass is 10.1. The Hall–Kier alpha value is -2.12. The molecular weight excluding hydrogens is 288 g/mol. The van der Waals surface area contributed by atoms with Gasteiger partial charge in [0.15, 0.2) is 5.11 Å². The second-order valence-corrected chi connectivity index (χ2v) is 4.52. The lowest BCUT2D eigenvalue weighted by molar-refractivity contribution is 0.479. The Balaban J connectivity index is 2.58. The van der Waals surface area contributed by atoms with E-state index in [0.29, 0.717) is 15.9 Å². The van der Waals surface area contributed by atoms with Crippen LogP contribution in [0.3, 0.4) is 0 Å². The molecule has 19 heavy (non-hydrogen) atoms. The first-order chi connectivity index (χ1) is 8.99. The number of hydrogen-bond donors (Lipinski definition) is 4. The number of aromatic hydroxyl groups is 1. The van der Waals surface area contributed by atoms with Gasteiger partial charge in [0.25, 0.3) is 5.56 Å². The molecule has 0 radical (unpaired) electrons. The van der Waals surface area contributed by atoms with Crippen molar-refractivity contribution in [3.63, 3.8) is 0 Å². The van der Waals surface area contributed by atoms with E-state index in [-0.39, 0.29) is 16.4 Å². The second-order valence-electron chi connectivity index (χ2n) is 3.64. The van der Waals surface area contributed by atoms with Gasteiger partial charge in [0.05, 0.1) is 11.7 Å². The SMILES string of the molecule is NC(=S)N/N=C/c1c(O)c2cc(Cl)ccc2[nH]c1=O. The molecule has 1 aromatic heterocycles. The van der Waals surface area contributed by atoms with Crippen LogP contribution in [0, 0.1) is 0 Å². The summed E-state index contributed by atoms with van der Waals surface area (Å²) in [4.78, 5) is 14.4. The fourth-order valence-corrected chi connectivity index (χ4v) is 1.77. The number of nitrogens with one attached hydrogen (secondary N) is 2. The maximum Gasteiger partial charge on any atom is 0.261 e. The average Bonchev–Trinajstić information content (AvgIpc) is 2.34. The summed E-state index contributed by atoms with van der Waals surface area (Å²) in [5.74, 6) is -0.213. The number of halogens is 1. The summed E-state index contributed by atoms with van der Waals surface area (Å²) in [6.45, 7) is 0. The van der Waals surface area contributed by atoms with Crippen molar-refractivity contribution >= 4 is 46.0 Å². The highest BCUT2D eigenvalue weighted by Gasteiger charge is 2.10. The van der Waals surface area contributed by atoms with Gasteiger partial charge in [-0.2, -0.15) is 5.10 Å². The minimum atomic E-state index is -0.485. The van der Waals surface area contributed by atoms with E-state index in [2.05, 4.69) is 27.7 Å². The largest absolute Gasteiger partial charge is 0.506 e. The topological polar surface area (TPSA) is 104 Å². The van der Waals surface area contributed by atoms with E-state index < -0.39 is 5.56 Å². The van der Waals surface area contributed by atoms with Crippen LogP contribution in [0.1, 0.15) is 5.56 Å². The van der Waals surface area contributed by atoms with Crippen molar-refractivity contribution in [1.82, 2.24) is 10.4 Å². The smallest absolute Gasteiger partial charge is 0.261 e. The van der Waals surface area contributed by atoms with Crippen LogP contribution in [0.5, 0.6) is 5.75 Å². The van der Waals surface area contributed by atoms with Crippen LogP contribution >= 0.6 is 23.8 Å². The third kappa shape index (κ3) is 2.83. The predicted octanol–water partition coefficient (Wildman–Crippen LogP) is 1.05. The first-order valence-electron chi connectivity index (χ1n) is 5.12. The normalized spacial score (nSPS) is 11.0. The van der Waals surface area contributed by atoms with Gasteiger partial charge in [-0.05, 0) is 30.4 Å². The third-order valence-electron chi connectivity index (χ3n) is 2.35. The molecule has 0 aliphatic heterocycles. The molecule has 1 aromatic carbocycles. The number of aromatic amines is 1. The van der Waals surface area contributed by atoms with E-state index in [0.717, 1.165) is 6.21 Å². The van der Waals surface area contributed by atoms with Gasteiger partial charge in [-0.25, -0.2) is 0 Å². The molecule has 8 heteroatoms. The van der Waals surface area contributed by atoms with Gasteiger partial charge >= 0.3 is 0 Å². The fourth-order valence-electron chi connectivity index (χ4n) is 1.54. The minimum Gasteiger partial charge on any atom is -0.506 e. The molecule has 0 unspecified atom stereocenters. The van der Waals surface area contributed by atoms with Gasteiger partial charge in [-0.15, -0.1) is 0 Å². The molecule has 2 aromatic rings. The number of fused-ring (bicyclic) bond motifs is 1. The number of rotatable bonds is 2. The number of hydrogen-bond acceptors (Lipinski definition) is 4. The summed E-state index contributed by atoms with van der Waals surface area (Å²) in [5, 5.41) is 14.5. The van der Waals surface area contributed by atoms with E-state index in [1.54, 1.807) is 18.2 Å². The zero-order chi connectivity index (χ0) is 14.0. The van der Waals surface area contributed by atoms with Crippen LogP contribution in [0.4, 0.5) is 0 Å². The highest BCUT2D eigenvalue weighted by molar-refractivity contribution is 7.80. The molecule has 0 saturated carbocycles. The molecule has 5 N–H and O–H groups in total. The predicted molar refractivity (Wildman–Crippen MR) is 78.8 cm³/mol. The number of pyridine rings is 1. The quantitative estimate of drug-likeness (QED) is 0.377. The Labute approximate surface area is 117 Å². The number of thiocarbonyl (C=S) groups is 1. The van der Waals surface area contributed by atoms with Crippen LogP contribution in [-0.4, -0.2) is 21.4 Å². The lowest BCUT2D eigenvalue weighted by Crippen LogP contribution is -2.24. The number of aromatic nitrogens is 1. The number of nitrogens with zero attached hydrogens (tertiary/aromatic N) is 1. The maximum absolute atomic E-state index is 11.8. The first-order valence-corrected chi connectivity index (χ1v) is 5.90. The zero-order valence-electron chi connectivity index (χ0n) is 9.48. The van der Waals surface area contributed by atoms with Gasteiger partial charge in [0, 0.05) is 10.4 Å². The standard InChI is InChI=1S/C11H9ClN4O2S/c12-5-1-2-8-6(3-5)9(17)7(10(18)15-8)4-14-16-11(13)19/h1-4H,(H3,13,16,19)(H2,15,17,18)/b14-4+. The van der Waals surface area contributed by atoms with Gasteiger partial charge in [-0.1, -0.05) is 11.6 Å². The van der Waals surface area contributed by atoms with Gasteiger partial charge in [0.2, 0.25) is 0 Å². The molecule has 6 nitrogen and oxygen atoms in total. The van der Waals surface area contributed by atoms with E-state index in [1.807, 2.05) is 0 Å². The number of H-pyrrole nitrogens is 1. The minimum absolute atomic E-state index is 0.0153. The van der Waals surface area contributed by atoms with Gasteiger partial charge in [0.1, 0.15) is 11.3 Å². The van der Waals surface area contributed by atoms with Crippen LogP contribution in [0.25, 0.3) is 10.9 Å². The van der Waals surface area contributed by atoms with E-state index >= 15 is 0 Å². The van der Waals surface area contributed by atoms with Gasteiger partial charge < -0.3 is 15.8 Å². The highest BCUT2D eigenvalue weighted by Crippen LogP contribution is 2.26. The Morgan fingerprint density at radius 2 is 2.32 bits per heavy atom. The maximum atomic E-state index is 11.8. The first kappa shape index (κ1) is 13.3. The molecule has 0 saturated heterocycles. The van der Waals surface area contributed by atoms with Crippen molar-refractivity contribution in [3.05, 3.63) is 39.1 Å². The van der Waals surface area contributed by atoms with Crippen molar-refractivity contribution in [2.75, 3.05) is 0 Å². The molecule has 98 valence electrons. The summed E-state index contributed by atoms with van der Waals surface area (Å²) >= 11 is 10.4. The molecule has 1 heterocycles. The second kappa shape index (κ2) is 5.25. The Kier molecular flexibility index (Phi) is 3.68. The highest BCUT2D eigenvalue weighted by atomic mass is 35.5. The zero-order valence-corrected chi connectivity index (χ0v) is 11.0. The van der Waals surface area contributed by atoms with Crippen molar-refractivity contribution in [2.24, 2.45) is 10.8 Å². The van der Waals surface area contributed by atoms with Crippen LogP contribution in [-0.2, 0) is 0 Å². The van der Waals surface area contributed by atoms with Crippen molar-refractivity contribution in [1.29, 1.82) is 0 Å². The molecule has 0 aliphatic carbocycles. The molecule has 0 bridgehead atoms. The monoisotopic (exact) mass is 296 g/mol. The summed E-state index contributed by atoms with van der Waals surface area (Å²) in [6.07, 6.45) is 1.13. The van der Waals surface area contributed by atoms with Crippen molar-refractivity contribution in [3.8, 4) is 5.75 Å². The number of benzene rings is 1. The summed E-state index contributed by atoms with van der Waals surface area (Å²) in [6, 6.07) is 4.76. The molecule has 0 amide bonds. The summed E-state index contributed by atoms with van der Waals surface area (Å²) in [7, 11) is 0. The molecule has 0 fully saturated rings.